The quantitative estimate of drug-likeness (QED) is 0.911. The topological polar surface area (TPSA) is 65.5 Å². The summed E-state index contributed by atoms with van der Waals surface area (Å²) in [7, 11) is 0. The fourth-order valence-corrected chi connectivity index (χ4v) is 3.97. The van der Waals surface area contributed by atoms with Crippen LogP contribution in [0.2, 0.25) is 0 Å². The molecule has 0 bridgehead atoms. The third-order valence-electron chi connectivity index (χ3n) is 5.34. The second-order valence-corrected chi connectivity index (χ2v) is 7.59. The number of carbonyl (C=O) groups excluding carboxylic acids is 2. The molecule has 2 aliphatic heterocycles. The van der Waals surface area contributed by atoms with Crippen molar-refractivity contribution in [3.63, 3.8) is 0 Å². The smallest absolute Gasteiger partial charge is 0.322 e. The van der Waals surface area contributed by atoms with Crippen molar-refractivity contribution in [2.75, 3.05) is 24.5 Å². The summed E-state index contributed by atoms with van der Waals surface area (Å²) in [6.07, 6.45) is 3.28. The van der Waals surface area contributed by atoms with Gasteiger partial charge in [-0.05, 0) is 37.6 Å². The summed E-state index contributed by atoms with van der Waals surface area (Å²) >= 11 is 0. The van der Waals surface area contributed by atoms with E-state index in [1.807, 2.05) is 41.8 Å². The number of benzene rings is 1. The van der Waals surface area contributed by atoms with Crippen molar-refractivity contribution >= 4 is 17.6 Å². The molecule has 2 aromatic rings. The summed E-state index contributed by atoms with van der Waals surface area (Å²) < 4.78 is 0. The molecule has 1 saturated heterocycles. The summed E-state index contributed by atoms with van der Waals surface area (Å²) in [6.45, 7) is 6.02. The Morgan fingerprint density at radius 3 is 2.59 bits per heavy atom. The van der Waals surface area contributed by atoms with E-state index in [1.165, 1.54) is 5.56 Å². The molecule has 1 N–H and O–H groups in total. The number of hydrogen-bond donors (Lipinski definition) is 1. The maximum absolute atomic E-state index is 12.6. The summed E-state index contributed by atoms with van der Waals surface area (Å²) in [4.78, 5) is 32.9. The predicted octanol–water partition coefficient (Wildman–Crippen LogP) is 2.88. The highest BCUT2D eigenvalue weighted by Gasteiger charge is 2.43. The van der Waals surface area contributed by atoms with Crippen molar-refractivity contribution in [1.29, 1.82) is 0 Å². The molecule has 1 fully saturated rings. The summed E-state index contributed by atoms with van der Waals surface area (Å²) in [5.74, 6) is 0.653. The standard InChI is InChI=1S/C21H24N4O2/c1-14(2)23-21(27)25-13-18(17-7-3-4-8-19(17)25)16-11-24(12-16)20(26)15-6-5-9-22-10-15/h3-10,14,16,18H,11-13H2,1-2H3,(H,23,27)/t18-/m0/s1. The van der Waals surface area contributed by atoms with Crippen LogP contribution in [0.1, 0.15) is 35.7 Å². The molecule has 6 nitrogen and oxygen atoms in total. The van der Waals surface area contributed by atoms with Crippen LogP contribution < -0.4 is 10.2 Å². The fraction of sp³-hybridized carbons (Fsp3) is 0.381. The number of hydrogen-bond acceptors (Lipinski definition) is 3. The molecular weight excluding hydrogens is 340 g/mol. The van der Waals surface area contributed by atoms with E-state index < -0.39 is 0 Å². The molecule has 3 heterocycles. The zero-order valence-electron chi connectivity index (χ0n) is 15.6. The van der Waals surface area contributed by atoms with E-state index in [-0.39, 0.29) is 23.9 Å². The van der Waals surface area contributed by atoms with Crippen molar-refractivity contribution < 1.29 is 9.59 Å². The maximum atomic E-state index is 12.6. The number of aromatic nitrogens is 1. The Kier molecular flexibility index (Phi) is 4.56. The van der Waals surface area contributed by atoms with Crippen LogP contribution in [-0.4, -0.2) is 47.5 Å². The molecule has 3 amide bonds. The first-order valence-corrected chi connectivity index (χ1v) is 9.41. The molecule has 0 unspecified atom stereocenters. The van der Waals surface area contributed by atoms with Gasteiger partial charge in [0.25, 0.3) is 5.91 Å². The van der Waals surface area contributed by atoms with E-state index in [9.17, 15) is 9.59 Å². The molecule has 1 aromatic carbocycles. The first-order valence-electron chi connectivity index (χ1n) is 9.41. The SMILES string of the molecule is CC(C)NC(=O)N1C[C@@H](C2CN(C(=O)c3cccnc3)C2)c2ccccc21. The second-order valence-electron chi connectivity index (χ2n) is 7.59. The van der Waals surface area contributed by atoms with Gasteiger partial charge in [-0.15, -0.1) is 0 Å². The van der Waals surface area contributed by atoms with Crippen LogP contribution in [0.5, 0.6) is 0 Å². The Morgan fingerprint density at radius 1 is 1.11 bits per heavy atom. The zero-order chi connectivity index (χ0) is 19.0. The molecular formula is C21H24N4O2. The number of para-hydroxylation sites is 1. The maximum Gasteiger partial charge on any atom is 0.322 e. The Labute approximate surface area is 159 Å². The number of fused-ring (bicyclic) bond motifs is 1. The van der Waals surface area contributed by atoms with E-state index in [4.69, 9.17) is 0 Å². The molecule has 2 aliphatic rings. The van der Waals surface area contributed by atoms with Crippen LogP contribution in [0, 0.1) is 5.92 Å². The molecule has 0 aliphatic carbocycles. The third kappa shape index (κ3) is 3.27. The number of amides is 3. The minimum Gasteiger partial charge on any atom is -0.338 e. The average Bonchev–Trinajstić information content (AvgIpc) is 3.00. The van der Waals surface area contributed by atoms with Gasteiger partial charge in [-0.1, -0.05) is 18.2 Å². The minimum absolute atomic E-state index is 0.0278. The van der Waals surface area contributed by atoms with Gasteiger partial charge in [-0.3, -0.25) is 14.7 Å². The summed E-state index contributed by atoms with van der Waals surface area (Å²) in [5.41, 5.74) is 2.81. The zero-order valence-corrected chi connectivity index (χ0v) is 15.6. The van der Waals surface area contributed by atoms with Crippen LogP contribution in [-0.2, 0) is 0 Å². The van der Waals surface area contributed by atoms with Gasteiger partial charge in [0.2, 0.25) is 0 Å². The number of carbonyl (C=O) groups is 2. The highest BCUT2D eigenvalue weighted by atomic mass is 16.2. The van der Waals surface area contributed by atoms with Gasteiger partial charge in [0.1, 0.15) is 0 Å². The molecule has 0 radical (unpaired) electrons. The highest BCUT2D eigenvalue weighted by Crippen LogP contribution is 2.43. The first kappa shape index (κ1) is 17.5. The Hall–Kier alpha value is -2.89. The molecule has 0 spiro atoms. The number of nitrogens with one attached hydrogen (secondary N) is 1. The molecule has 6 heteroatoms. The van der Waals surface area contributed by atoms with Crippen molar-refractivity contribution in [2.24, 2.45) is 5.92 Å². The van der Waals surface area contributed by atoms with Gasteiger partial charge in [-0.25, -0.2) is 4.79 Å². The number of likely N-dealkylation sites (tertiary alicyclic amines) is 1. The van der Waals surface area contributed by atoms with Crippen molar-refractivity contribution in [1.82, 2.24) is 15.2 Å². The van der Waals surface area contributed by atoms with Gasteiger partial charge in [-0.2, -0.15) is 0 Å². The Morgan fingerprint density at radius 2 is 1.89 bits per heavy atom. The van der Waals surface area contributed by atoms with Gasteiger partial charge in [0, 0.05) is 55.6 Å². The average molecular weight is 364 g/mol. The van der Waals surface area contributed by atoms with E-state index in [2.05, 4.69) is 16.4 Å². The lowest BCUT2D eigenvalue weighted by molar-refractivity contribution is 0.0456. The molecule has 140 valence electrons. The predicted molar refractivity (Wildman–Crippen MR) is 104 cm³/mol. The molecule has 0 saturated carbocycles. The van der Waals surface area contributed by atoms with E-state index in [0.29, 0.717) is 31.1 Å². The van der Waals surface area contributed by atoms with Crippen LogP contribution >= 0.6 is 0 Å². The molecule has 1 atom stereocenters. The number of urea groups is 1. The van der Waals surface area contributed by atoms with Crippen LogP contribution in [0.4, 0.5) is 10.5 Å². The highest BCUT2D eigenvalue weighted by molar-refractivity contribution is 5.95. The molecule has 1 aromatic heterocycles. The third-order valence-corrected chi connectivity index (χ3v) is 5.34. The summed E-state index contributed by atoms with van der Waals surface area (Å²) in [6, 6.07) is 11.7. The van der Waals surface area contributed by atoms with Crippen LogP contribution in [0.3, 0.4) is 0 Å². The normalized spacial score (nSPS) is 19.0. The fourth-order valence-electron chi connectivity index (χ4n) is 3.97. The van der Waals surface area contributed by atoms with Crippen molar-refractivity contribution in [2.45, 2.75) is 25.8 Å². The van der Waals surface area contributed by atoms with Crippen LogP contribution in [0.25, 0.3) is 0 Å². The monoisotopic (exact) mass is 364 g/mol. The number of pyridine rings is 1. The largest absolute Gasteiger partial charge is 0.338 e. The number of nitrogens with zero attached hydrogens (tertiary/aromatic N) is 3. The van der Waals surface area contributed by atoms with Gasteiger partial charge in [0.05, 0.1) is 5.56 Å². The van der Waals surface area contributed by atoms with E-state index in [0.717, 1.165) is 5.69 Å². The molecule has 27 heavy (non-hydrogen) atoms. The lowest BCUT2D eigenvalue weighted by Gasteiger charge is -2.42. The lowest BCUT2D eigenvalue weighted by atomic mass is 9.82. The minimum atomic E-state index is -0.0532. The van der Waals surface area contributed by atoms with E-state index >= 15 is 0 Å². The van der Waals surface area contributed by atoms with Crippen LogP contribution in [0.15, 0.2) is 48.8 Å². The number of anilines is 1. The van der Waals surface area contributed by atoms with Gasteiger partial charge < -0.3 is 10.2 Å². The first-order chi connectivity index (χ1) is 13.0. The Balaban J connectivity index is 1.46. The van der Waals surface area contributed by atoms with Crippen molar-refractivity contribution in [3.05, 3.63) is 59.9 Å². The Bertz CT molecular complexity index is 846. The van der Waals surface area contributed by atoms with Crippen molar-refractivity contribution in [3.8, 4) is 0 Å². The van der Waals surface area contributed by atoms with Gasteiger partial charge in [0.15, 0.2) is 0 Å². The lowest BCUT2D eigenvalue weighted by Crippen LogP contribution is -2.53. The van der Waals surface area contributed by atoms with E-state index in [1.54, 1.807) is 24.5 Å². The summed E-state index contributed by atoms with van der Waals surface area (Å²) in [5, 5.41) is 2.99. The second kappa shape index (κ2) is 7.02. The van der Waals surface area contributed by atoms with Gasteiger partial charge >= 0.3 is 6.03 Å². The molecule has 4 rings (SSSR count). The number of rotatable bonds is 3.